The summed E-state index contributed by atoms with van der Waals surface area (Å²) in [4.78, 5) is 21.4. The number of carbonyl (C=O) groups excluding carboxylic acids is 1. The molecule has 0 saturated heterocycles. The lowest BCUT2D eigenvalue weighted by Crippen LogP contribution is -2.23. The Morgan fingerprint density at radius 2 is 1.27 bits per heavy atom. The van der Waals surface area contributed by atoms with E-state index in [1.807, 2.05) is 30.3 Å². The topological polar surface area (TPSA) is 193 Å². The first kappa shape index (κ1) is 41.5. The zero-order chi connectivity index (χ0) is 34.4. The molecule has 0 fully saturated rings. The SMILES string of the molecule is CCOP(=O)(O)CCOCCOCCOCCOCCOCCOCCOCCOCc1cn(CC(=O)N/N=C/c2ccccc2)nn1. The molecule has 1 aromatic carbocycles. The van der Waals surface area contributed by atoms with Crippen LogP contribution in [0.4, 0.5) is 0 Å². The number of rotatable bonds is 32. The summed E-state index contributed by atoms with van der Waals surface area (Å²) in [5.74, 6) is -0.316. The highest BCUT2D eigenvalue weighted by Crippen LogP contribution is 2.40. The highest BCUT2D eigenvalue weighted by molar-refractivity contribution is 7.52. The van der Waals surface area contributed by atoms with Crippen LogP contribution in [0.3, 0.4) is 0 Å². The second kappa shape index (κ2) is 28.2. The lowest BCUT2D eigenvalue weighted by Gasteiger charge is -2.11. The van der Waals surface area contributed by atoms with Crippen LogP contribution in [-0.2, 0) is 64.9 Å². The van der Waals surface area contributed by atoms with Crippen LogP contribution in [0.5, 0.6) is 0 Å². The summed E-state index contributed by atoms with van der Waals surface area (Å²) in [7, 11) is -3.53. The molecule has 0 spiro atoms. The molecule has 18 heteroatoms. The fourth-order valence-corrected chi connectivity index (χ4v) is 4.44. The van der Waals surface area contributed by atoms with Crippen molar-refractivity contribution in [3.05, 3.63) is 47.8 Å². The van der Waals surface area contributed by atoms with Gasteiger partial charge in [-0.3, -0.25) is 9.36 Å². The maximum atomic E-state index is 12.0. The third kappa shape index (κ3) is 23.6. The Labute approximate surface area is 281 Å². The molecule has 2 N–H and O–H groups in total. The summed E-state index contributed by atoms with van der Waals surface area (Å²) in [5.41, 5.74) is 3.95. The fraction of sp³-hybridized carbons (Fsp3) is 0.667. The van der Waals surface area contributed by atoms with Crippen molar-refractivity contribution in [2.75, 3.05) is 112 Å². The molecular weight excluding hydrogens is 653 g/mol. The minimum Gasteiger partial charge on any atom is -0.378 e. The Balaban J connectivity index is 1.26. The van der Waals surface area contributed by atoms with Gasteiger partial charge in [-0.05, 0) is 12.5 Å². The molecule has 0 radical (unpaired) electrons. The Morgan fingerprint density at radius 1 is 0.792 bits per heavy atom. The monoisotopic (exact) mass is 703 g/mol. The minimum atomic E-state index is -3.53. The maximum Gasteiger partial charge on any atom is 0.330 e. The molecule has 272 valence electrons. The van der Waals surface area contributed by atoms with Gasteiger partial charge in [0, 0.05) is 0 Å². The summed E-state index contributed by atoms with van der Waals surface area (Å²) in [6, 6.07) is 9.45. The Hall–Kier alpha value is -2.67. The number of aromatic nitrogens is 3. The van der Waals surface area contributed by atoms with E-state index in [2.05, 4.69) is 20.8 Å². The van der Waals surface area contributed by atoms with E-state index in [0.717, 1.165) is 5.56 Å². The smallest absolute Gasteiger partial charge is 0.330 e. The van der Waals surface area contributed by atoms with Crippen LogP contribution in [0.25, 0.3) is 0 Å². The van der Waals surface area contributed by atoms with E-state index in [1.165, 1.54) is 4.68 Å². The average molecular weight is 704 g/mol. The van der Waals surface area contributed by atoms with Crippen LogP contribution in [0, 0.1) is 0 Å². The number of amides is 1. The van der Waals surface area contributed by atoms with E-state index in [1.54, 1.807) is 19.3 Å². The molecule has 2 rings (SSSR count). The van der Waals surface area contributed by atoms with Crippen LogP contribution in [0.2, 0.25) is 0 Å². The van der Waals surface area contributed by atoms with Gasteiger partial charge in [-0.1, -0.05) is 35.5 Å². The molecule has 1 amide bonds. The van der Waals surface area contributed by atoms with E-state index < -0.39 is 7.60 Å². The molecular formula is C30H50N5O12P. The van der Waals surface area contributed by atoms with Gasteiger partial charge in [0.05, 0.1) is 131 Å². The van der Waals surface area contributed by atoms with E-state index >= 15 is 0 Å². The number of ether oxygens (including phenoxy) is 8. The predicted molar refractivity (Wildman–Crippen MR) is 174 cm³/mol. The number of hydrogen-bond acceptors (Lipinski definition) is 14. The summed E-state index contributed by atoms with van der Waals surface area (Å²) in [6.07, 6.45) is 3.18. The number of benzene rings is 1. The highest BCUT2D eigenvalue weighted by Gasteiger charge is 2.17. The van der Waals surface area contributed by atoms with Crippen molar-refractivity contribution in [3.8, 4) is 0 Å². The van der Waals surface area contributed by atoms with Gasteiger partial charge in [0.2, 0.25) is 0 Å². The second-order valence-electron chi connectivity index (χ2n) is 9.73. The first-order valence-electron chi connectivity index (χ1n) is 15.8. The van der Waals surface area contributed by atoms with Crippen molar-refractivity contribution in [3.63, 3.8) is 0 Å². The number of hydrogen-bond donors (Lipinski definition) is 2. The van der Waals surface area contributed by atoms with Crippen LogP contribution in [0.15, 0.2) is 41.6 Å². The lowest BCUT2D eigenvalue weighted by molar-refractivity contribution is -0.121. The van der Waals surface area contributed by atoms with Crippen LogP contribution in [-0.4, -0.2) is 144 Å². The third-order valence-corrected chi connectivity index (χ3v) is 7.21. The molecule has 0 aliphatic heterocycles. The molecule has 1 heterocycles. The first-order chi connectivity index (χ1) is 23.5. The molecule has 1 unspecified atom stereocenters. The van der Waals surface area contributed by atoms with Crippen molar-refractivity contribution in [2.24, 2.45) is 5.10 Å². The summed E-state index contributed by atoms with van der Waals surface area (Å²) in [6.45, 7) is 8.22. The van der Waals surface area contributed by atoms with E-state index in [0.29, 0.717) is 98.2 Å². The van der Waals surface area contributed by atoms with Gasteiger partial charge >= 0.3 is 7.60 Å². The minimum absolute atomic E-state index is 0.00799. The van der Waals surface area contributed by atoms with Gasteiger partial charge in [-0.25, -0.2) is 10.1 Å². The van der Waals surface area contributed by atoms with Gasteiger partial charge in [-0.15, -0.1) is 5.10 Å². The van der Waals surface area contributed by atoms with E-state index in [4.69, 9.17) is 42.4 Å². The Bertz CT molecular complexity index is 1140. The van der Waals surface area contributed by atoms with Gasteiger partial charge in [-0.2, -0.15) is 5.10 Å². The van der Waals surface area contributed by atoms with Gasteiger partial charge in [0.15, 0.2) is 0 Å². The third-order valence-electron chi connectivity index (χ3n) is 5.80. The second-order valence-corrected chi connectivity index (χ2v) is 11.7. The zero-order valence-corrected chi connectivity index (χ0v) is 28.5. The van der Waals surface area contributed by atoms with Crippen molar-refractivity contribution in [2.45, 2.75) is 20.1 Å². The summed E-state index contributed by atoms with van der Waals surface area (Å²) >= 11 is 0. The van der Waals surface area contributed by atoms with Crippen molar-refractivity contribution >= 4 is 19.7 Å². The number of carbonyl (C=O) groups is 1. The molecule has 0 bridgehead atoms. The fourth-order valence-electron chi connectivity index (χ4n) is 3.54. The highest BCUT2D eigenvalue weighted by atomic mass is 31.2. The molecule has 0 aliphatic carbocycles. The molecule has 0 aliphatic rings. The average Bonchev–Trinajstić information content (AvgIpc) is 3.51. The van der Waals surface area contributed by atoms with Gasteiger partial charge < -0.3 is 47.3 Å². The standard InChI is InChI=1S/C30H50N5O12P/c1-2-47-48(37,38)23-22-45-19-18-43-15-14-41-11-10-39-8-9-40-12-13-42-16-17-44-20-21-46-27-29-25-35(34-32-29)26-30(36)33-31-24-28-6-4-3-5-7-28/h3-7,24-25H,2,8-23,26-27H2,1H3,(H,33,36)(H,37,38)/b31-24+. The molecule has 48 heavy (non-hydrogen) atoms. The number of hydrazone groups is 1. The van der Waals surface area contributed by atoms with Crippen LogP contribution in [0.1, 0.15) is 18.2 Å². The number of nitrogens with one attached hydrogen (secondary N) is 1. The quantitative estimate of drug-likeness (QED) is 0.0479. The first-order valence-corrected chi connectivity index (χ1v) is 17.6. The molecule has 2 aromatic rings. The number of nitrogens with zero attached hydrogens (tertiary/aromatic N) is 4. The maximum absolute atomic E-state index is 12.0. The predicted octanol–water partition coefficient (Wildman–Crippen LogP) is 1.28. The molecule has 0 saturated carbocycles. The van der Waals surface area contributed by atoms with E-state index in [9.17, 15) is 14.3 Å². The van der Waals surface area contributed by atoms with Crippen molar-refractivity contribution < 1.29 is 56.7 Å². The lowest BCUT2D eigenvalue weighted by atomic mass is 10.2. The van der Waals surface area contributed by atoms with Gasteiger partial charge in [0.25, 0.3) is 5.91 Å². The Kier molecular flexibility index (Phi) is 24.4. The zero-order valence-electron chi connectivity index (χ0n) is 27.7. The molecule has 1 aromatic heterocycles. The molecule has 17 nitrogen and oxygen atoms in total. The normalized spacial score (nSPS) is 12.9. The Morgan fingerprint density at radius 3 is 1.77 bits per heavy atom. The van der Waals surface area contributed by atoms with Gasteiger partial charge in [0.1, 0.15) is 12.2 Å². The van der Waals surface area contributed by atoms with Crippen molar-refractivity contribution in [1.29, 1.82) is 0 Å². The molecule has 1 atom stereocenters. The summed E-state index contributed by atoms with van der Waals surface area (Å²) < 4.78 is 61.1. The van der Waals surface area contributed by atoms with Crippen LogP contribution < -0.4 is 5.43 Å². The van der Waals surface area contributed by atoms with E-state index in [-0.39, 0.29) is 38.4 Å². The summed E-state index contributed by atoms with van der Waals surface area (Å²) in [5, 5.41) is 11.9. The van der Waals surface area contributed by atoms with Crippen molar-refractivity contribution in [1.82, 2.24) is 20.4 Å². The van der Waals surface area contributed by atoms with Crippen LogP contribution >= 0.6 is 7.60 Å². The largest absolute Gasteiger partial charge is 0.378 e.